The molecule has 0 N–H and O–H groups in total. The lowest BCUT2D eigenvalue weighted by molar-refractivity contribution is 0.0541. The highest BCUT2D eigenvalue weighted by atomic mass is 16.5. The van der Waals surface area contributed by atoms with Crippen LogP contribution in [0.2, 0.25) is 0 Å². The fraction of sp³-hybridized carbons (Fsp3) is 1.00. The van der Waals surface area contributed by atoms with Crippen LogP contribution in [0.3, 0.4) is 0 Å². The fourth-order valence-corrected chi connectivity index (χ4v) is 2.84. The van der Waals surface area contributed by atoms with Crippen LogP contribution in [0.5, 0.6) is 0 Å². The zero-order chi connectivity index (χ0) is 15.9. The minimum Gasteiger partial charge on any atom is -0.381 e. The third kappa shape index (κ3) is 8.80. The maximum Gasteiger partial charge on any atom is 0.0478 e. The number of hydrogen-bond donors (Lipinski definition) is 0. The smallest absolute Gasteiger partial charge is 0.0478 e. The largest absolute Gasteiger partial charge is 0.381 e. The van der Waals surface area contributed by atoms with Gasteiger partial charge in [0.25, 0.3) is 0 Å². The van der Waals surface area contributed by atoms with Crippen molar-refractivity contribution >= 4 is 0 Å². The van der Waals surface area contributed by atoms with E-state index in [1.165, 1.54) is 52.0 Å². The SMILES string of the molecule is CC(C)(C)CCCOCCCN1CCN(C(C)(C)C)CC1. The zero-order valence-electron chi connectivity index (χ0n) is 15.4. The molecule has 1 fully saturated rings. The summed E-state index contributed by atoms with van der Waals surface area (Å²) in [5.74, 6) is 0. The van der Waals surface area contributed by atoms with Gasteiger partial charge in [-0.05, 0) is 45.4 Å². The van der Waals surface area contributed by atoms with Crippen molar-refractivity contribution in [2.24, 2.45) is 5.41 Å². The van der Waals surface area contributed by atoms with Gasteiger partial charge >= 0.3 is 0 Å². The third-order valence-electron chi connectivity index (χ3n) is 4.30. The normalized spacial score (nSPS) is 19.1. The van der Waals surface area contributed by atoms with Gasteiger partial charge in [-0.1, -0.05) is 20.8 Å². The molecule has 0 aromatic rings. The van der Waals surface area contributed by atoms with Gasteiger partial charge in [-0.15, -0.1) is 0 Å². The highest BCUT2D eigenvalue weighted by Gasteiger charge is 2.25. The minimum atomic E-state index is 0.322. The molecule has 0 aromatic carbocycles. The summed E-state index contributed by atoms with van der Waals surface area (Å²) in [6, 6.07) is 0. The van der Waals surface area contributed by atoms with E-state index >= 15 is 0 Å². The fourth-order valence-electron chi connectivity index (χ4n) is 2.84. The number of hydrogen-bond acceptors (Lipinski definition) is 3. The van der Waals surface area contributed by atoms with Crippen molar-refractivity contribution in [3.8, 4) is 0 Å². The first kappa shape index (κ1) is 18.9. The molecule has 0 bridgehead atoms. The van der Waals surface area contributed by atoms with E-state index in [4.69, 9.17) is 4.74 Å². The first-order chi connectivity index (χ1) is 9.68. The molecule has 0 aromatic heterocycles. The Kier molecular flexibility index (Phi) is 7.66. The third-order valence-corrected chi connectivity index (χ3v) is 4.30. The minimum absolute atomic E-state index is 0.322. The van der Waals surface area contributed by atoms with Gasteiger partial charge < -0.3 is 9.64 Å². The molecule has 3 heteroatoms. The first-order valence-electron chi connectivity index (χ1n) is 8.74. The summed E-state index contributed by atoms with van der Waals surface area (Å²) in [5.41, 5.74) is 0.762. The Hall–Kier alpha value is -0.120. The van der Waals surface area contributed by atoms with Gasteiger partial charge in [0.2, 0.25) is 0 Å². The van der Waals surface area contributed by atoms with Gasteiger partial charge in [-0.25, -0.2) is 0 Å². The Morgan fingerprint density at radius 2 is 1.38 bits per heavy atom. The van der Waals surface area contributed by atoms with E-state index in [1.54, 1.807) is 0 Å². The molecule has 0 amide bonds. The Labute approximate surface area is 133 Å². The lowest BCUT2D eigenvalue weighted by Crippen LogP contribution is -2.53. The molecular formula is C18H38N2O. The summed E-state index contributed by atoms with van der Waals surface area (Å²) in [4.78, 5) is 5.17. The summed E-state index contributed by atoms with van der Waals surface area (Å²) >= 11 is 0. The topological polar surface area (TPSA) is 15.7 Å². The van der Waals surface area contributed by atoms with Gasteiger partial charge in [-0.2, -0.15) is 0 Å². The predicted molar refractivity (Wildman–Crippen MR) is 91.9 cm³/mol. The van der Waals surface area contributed by atoms with E-state index in [-0.39, 0.29) is 0 Å². The number of ether oxygens (including phenoxy) is 1. The second-order valence-electron chi connectivity index (χ2n) is 8.63. The Balaban J connectivity index is 1.98. The molecule has 0 unspecified atom stereocenters. The predicted octanol–water partition coefficient (Wildman–Crippen LogP) is 3.64. The summed E-state index contributed by atoms with van der Waals surface area (Å²) < 4.78 is 5.76. The van der Waals surface area contributed by atoms with Crippen molar-refractivity contribution in [3.63, 3.8) is 0 Å². The molecule has 1 saturated heterocycles. The molecule has 21 heavy (non-hydrogen) atoms. The molecule has 0 atom stereocenters. The molecule has 3 nitrogen and oxygen atoms in total. The zero-order valence-corrected chi connectivity index (χ0v) is 15.4. The van der Waals surface area contributed by atoms with Crippen molar-refractivity contribution in [2.45, 2.75) is 66.3 Å². The van der Waals surface area contributed by atoms with Crippen molar-refractivity contribution in [3.05, 3.63) is 0 Å². The van der Waals surface area contributed by atoms with E-state index in [0.717, 1.165) is 13.2 Å². The van der Waals surface area contributed by atoms with Crippen LogP contribution < -0.4 is 0 Å². The molecule has 1 aliphatic rings. The van der Waals surface area contributed by atoms with Crippen LogP contribution >= 0.6 is 0 Å². The molecule has 126 valence electrons. The second kappa shape index (κ2) is 8.50. The molecular weight excluding hydrogens is 260 g/mol. The van der Waals surface area contributed by atoms with E-state index in [1.807, 2.05) is 0 Å². The van der Waals surface area contributed by atoms with Gasteiger partial charge in [0.15, 0.2) is 0 Å². The summed E-state index contributed by atoms with van der Waals surface area (Å²) in [6.07, 6.45) is 3.61. The summed E-state index contributed by atoms with van der Waals surface area (Å²) in [5, 5.41) is 0. The molecule has 1 heterocycles. The van der Waals surface area contributed by atoms with E-state index < -0.39 is 0 Å². The second-order valence-corrected chi connectivity index (χ2v) is 8.63. The van der Waals surface area contributed by atoms with Crippen LogP contribution in [0.4, 0.5) is 0 Å². The standard InChI is InChI=1S/C18H38N2O/c1-17(2,3)9-7-15-21-16-8-10-19-11-13-20(14-12-19)18(4,5)6/h7-16H2,1-6H3. The van der Waals surface area contributed by atoms with E-state index in [9.17, 15) is 0 Å². The van der Waals surface area contributed by atoms with Gasteiger partial charge in [0.1, 0.15) is 0 Å². The average molecular weight is 299 g/mol. The molecule has 1 rings (SSSR count). The van der Waals surface area contributed by atoms with E-state index in [0.29, 0.717) is 11.0 Å². The molecule has 0 spiro atoms. The van der Waals surface area contributed by atoms with Crippen molar-refractivity contribution < 1.29 is 4.74 Å². The van der Waals surface area contributed by atoms with Crippen LogP contribution in [0.15, 0.2) is 0 Å². The lowest BCUT2D eigenvalue weighted by Gasteiger charge is -2.42. The van der Waals surface area contributed by atoms with Crippen molar-refractivity contribution in [1.29, 1.82) is 0 Å². The lowest BCUT2D eigenvalue weighted by atomic mass is 9.91. The molecule has 0 saturated carbocycles. The summed E-state index contributed by atoms with van der Waals surface area (Å²) in [7, 11) is 0. The molecule has 0 radical (unpaired) electrons. The highest BCUT2D eigenvalue weighted by molar-refractivity contribution is 4.81. The number of nitrogens with zero attached hydrogens (tertiary/aromatic N) is 2. The van der Waals surface area contributed by atoms with Gasteiger partial charge in [-0.3, -0.25) is 4.90 Å². The van der Waals surface area contributed by atoms with Crippen LogP contribution in [0.1, 0.15) is 60.8 Å². The maximum atomic E-state index is 5.76. The van der Waals surface area contributed by atoms with Crippen LogP contribution in [0.25, 0.3) is 0 Å². The highest BCUT2D eigenvalue weighted by Crippen LogP contribution is 2.20. The van der Waals surface area contributed by atoms with E-state index in [2.05, 4.69) is 51.3 Å². The Bertz CT molecular complexity index is 270. The number of rotatable bonds is 7. The maximum absolute atomic E-state index is 5.76. The van der Waals surface area contributed by atoms with Crippen molar-refractivity contribution in [1.82, 2.24) is 9.80 Å². The van der Waals surface area contributed by atoms with Crippen molar-refractivity contribution in [2.75, 3.05) is 45.9 Å². The average Bonchev–Trinajstić information content (AvgIpc) is 2.36. The summed E-state index contributed by atoms with van der Waals surface area (Å²) in [6.45, 7) is 21.7. The quantitative estimate of drug-likeness (QED) is 0.667. The van der Waals surface area contributed by atoms with Crippen LogP contribution in [-0.2, 0) is 4.74 Å². The van der Waals surface area contributed by atoms with Crippen LogP contribution in [0, 0.1) is 5.41 Å². The van der Waals surface area contributed by atoms with Gasteiger partial charge in [0.05, 0.1) is 0 Å². The monoisotopic (exact) mass is 298 g/mol. The number of piperazine rings is 1. The van der Waals surface area contributed by atoms with Crippen LogP contribution in [-0.4, -0.2) is 61.3 Å². The molecule has 0 aliphatic carbocycles. The van der Waals surface area contributed by atoms with Gasteiger partial charge in [0, 0.05) is 51.5 Å². The Morgan fingerprint density at radius 1 is 0.810 bits per heavy atom. The first-order valence-corrected chi connectivity index (χ1v) is 8.74. The molecule has 1 aliphatic heterocycles. The Morgan fingerprint density at radius 3 is 1.90 bits per heavy atom.